The fourth-order valence-corrected chi connectivity index (χ4v) is 8.07. The van der Waals surface area contributed by atoms with Crippen LogP contribution in [0.4, 0.5) is 0 Å². The Kier molecular flexibility index (Phi) is 4.17. The smallest absolute Gasteiger partial charge is 0.251 e. The van der Waals surface area contributed by atoms with E-state index in [0.29, 0.717) is 24.2 Å². The van der Waals surface area contributed by atoms with Gasteiger partial charge < -0.3 is 15.0 Å². The zero-order valence-electron chi connectivity index (χ0n) is 18.6. The molecule has 0 spiro atoms. The van der Waals surface area contributed by atoms with Crippen molar-refractivity contribution >= 4 is 5.91 Å². The van der Waals surface area contributed by atoms with Crippen molar-refractivity contribution < 1.29 is 9.90 Å². The predicted octanol–water partition coefficient (Wildman–Crippen LogP) is 4.44. The first kappa shape index (κ1) is 19.5. The lowest BCUT2D eigenvalue weighted by Gasteiger charge is -2.38. The Bertz CT molecular complexity index is 1220. The molecule has 4 aliphatic carbocycles. The molecule has 5 nitrogen and oxygen atoms in total. The van der Waals surface area contributed by atoms with Crippen molar-refractivity contribution in [2.24, 2.45) is 23.2 Å². The van der Waals surface area contributed by atoms with Crippen LogP contribution in [-0.2, 0) is 0 Å². The van der Waals surface area contributed by atoms with Crippen LogP contribution in [0, 0.1) is 23.2 Å². The van der Waals surface area contributed by atoms with Crippen molar-refractivity contribution in [2.45, 2.75) is 50.3 Å². The maximum absolute atomic E-state index is 13.0. The number of carbonyl (C=O) groups is 1. The van der Waals surface area contributed by atoms with Crippen molar-refractivity contribution in [1.82, 2.24) is 14.9 Å². The Morgan fingerprint density at radius 3 is 2.82 bits per heavy atom. The summed E-state index contributed by atoms with van der Waals surface area (Å²) in [6.45, 7) is 0. The molecule has 8 rings (SSSR count). The summed E-state index contributed by atoms with van der Waals surface area (Å²) in [6, 6.07) is 18.3. The molecule has 2 N–H and O–H groups in total. The topological polar surface area (TPSA) is 67.2 Å². The molecule has 2 heterocycles. The minimum atomic E-state index is -0.389. The van der Waals surface area contributed by atoms with Crippen LogP contribution in [0.5, 0.6) is 0 Å². The molecule has 0 radical (unpaired) electrons. The first-order valence-corrected chi connectivity index (χ1v) is 12.3. The summed E-state index contributed by atoms with van der Waals surface area (Å²) in [5.41, 5.74) is 4.30. The molecule has 1 amide bonds. The number of nitrogens with zero attached hydrogens (tertiary/aromatic N) is 2. The molecule has 1 aliphatic heterocycles. The minimum Gasteiger partial charge on any atom is -0.392 e. The van der Waals surface area contributed by atoms with E-state index >= 15 is 0 Å². The van der Waals surface area contributed by atoms with Crippen molar-refractivity contribution in [3.63, 3.8) is 0 Å². The van der Waals surface area contributed by atoms with E-state index in [1.165, 1.54) is 17.5 Å². The minimum absolute atomic E-state index is 0.0222. The Morgan fingerprint density at radius 2 is 1.94 bits per heavy atom. The summed E-state index contributed by atoms with van der Waals surface area (Å²) in [4.78, 5) is 17.4. The molecule has 33 heavy (non-hydrogen) atoms. The summed E-state index contributed by atoms with van der Waals surface area (Å²) in [6.07, 6.45) is 8.59. The second kappa shape index (κ2) is 7.04. The van der Waals surface area contributed by atoms with Crippen LogP contribution >= 0.6 is 0 Å². The lowest BCUT2D eigenvalue weighted by atomic mass is 9.70. The molecule has 7 atom stereocenters. The first-order valence-electron chi connectivity index (χ1n) is 12.3. The van der Waals surface area contributed by atoms with E-state index in [4.69, 9.17) is 0 Å². The van der Waals surface area contributed by atoms with Gasteiger partial charge in [0.1, 0.15) is 0 Å². The number of aliphatic hydroxyl groups is 1. The van der Waals surface area contributed by atoms with Gasteiger partial charge in [-0.15, -0.1) is 0 Å². The van der Waals surface area contributed by atoms with E-state index < -0.39 is 0 Å². The molecule has 3 aromatic rings. The van der Waals surface area contributed by atoms with E-state index in [2.05, 4.69) is 39.1 Å². The number of imidazole rings is 1. The van der Waals surface area contributed by atoms with Crippen LogP contribution in [0.15, 0.2) is 67.1 Å². The van der Waals surface area contributed by atoms with Gasteiger partial charge in [-0.25, -0.2) is 4.98 Å². The number of amides is 1. The van der Waals surface area contributed by atoms with E-state index in [1.807, 2.05) is 42.9 Å². The molecular weight excluding hydrogens is 410 g/mol. The third-order valence-corrected chi connectivity index (χ3v) is 9.26. The highest BCUT2D eigenvalue weighted by Gasteiger charge is 2.65. The Labute approximate surface area is 193 Å². The largest absolute Gasteiger partial charge is 0.392 e. The number of hydrogen-bond acceptors (Lipinski definition) is 3. The van der Waals surface area contributed by atoms with Gasteiger partial charge in [-0.3, -0.25) is 4.79 Å². The van der Waals surface area contributed by atoms with Gasteiger partial charge in [0.2, 0.25) is 0 Å². The molecule has 168 valence electrons. The number of rotatable bonds is 5. The SMILES string of the molecule is O=C(NC1C2CC3CC1C(C(O)CC1c4ccccc4-c4cncn41)(C3)C2)c1ccccc1. The monoisotopic (exact) mass is 439 g/mol. The quantitative estimate of drug-likeness (QED) is 0.618. The predicted molar refractivity (Wildman–Crippen MR) is 125 cm³/mol. The third-order valence-electron chi connectivity index (χ3n) is 9.26. The number of fused-ring (bicyclic) bond motifs is 3. The zero-order valence-corrected chi connectivity index (χ0v) is 18.6. The van der Waals surface area contributed by atoms with Crippen LogP contribution in [0.25, 0.3) is 11.3 Å². The van der Waals surface area contributed by atoms with Gasteiger partial charge in [-0.2, -0.15) is 0 Å². The van der Waals surface area contributed by atoms with Gasteiger partial charge in [0.05, 0.1) is 30.4 Å². The molecule has 4 bridgehead atoms. The van der Waals surface area contributed by atoms with Gasteiger partial charge >= 0.3 is 0 Å². The second-order valence-electron chi connectivity index (χ2n) is 10.8. The maximum Gasteiger partial charge on any atom is 0.251 e. The summed E-state index contributed by atoms with van der Waals surface area (Å²) in [5, 5.41) is 15.2. The van der Waals surface area contributed by atoms with Crippen LogP contribution in [0.1, 0.15) is 54.1 Å². The van der Waals surface area contributed by atoms with E-state index in [0.717, 1.165) is 30.5 Å². The number of hydrogen-bond donors (Lipinski definition) is 2. The molecule has 1 aromatic heterocycles. The number of carbonyl (C=O) groups excluding carboxylic acids is 1. The summed E-state index contributed by atoms with van der Waals surface area (Å²) in [5.74, 6) is 1.55. The number of nitrogens with one attached hydrogen (secondary N) is 1. The molecule has 4 fully saturated rings. The van der Waals surface area contributed by atoms with Crippen LogP contribution in [0.2, 0.25) is 0 Å². The van der Waals surface area contributed by atoms with Crippen LogP contribution < -0.4 is 5.32 Å². The van der Waals surface area contributed by atoms with E-state index in [-0.39, 0.29) is 29.5 Å². The maximum atomic E-state index is 13.0. The molecule has 0 saturated heterocycles. The standard InChI is InChI=1S/C28H29N3O2/c32-25(12-23-20-8-4-5-9-21(20)24-15-29-16-31(23)24)28-13-17-10-19(14-28)26(22(28)11-17)30-27(33)18-6-2-1-3-7-18/h1-9,15-17,19,22-23,25-26,32H,10-14H2,(H,30,33). The summed E-state index contributed by atoms with van der Waals surface area (Å²) in [7, 11) is 0. The third kappa shape index (κ3) is 2.75. The fourth-order valence-electron chi connectivity index (χ4n) is 8.07. The zero-order chi connectivity index (χ0) is 22.2. The molecule has 2 aromatic carbocycles. The average Bonchev–Trinajstić information content (AvgIpc) is 3.55. The first-order chi connectivity index (χ1) is 16.1. The van der Waals surface area contributed by atoms with Crippen LogP contribution in [0.3, 0.4) is 0 Å². The molecule has 7 unspecified atom stereocenters. The highest BCUT2D eigenvalue weighted by Crippen LogP contribution is 2.67. The Balaban J connectivity index is 1.16. The highest BCUT2D eigenvalue weighted by atomic mass is 16.3. The summed E-state index contributed by atoms with van der Waals surface area (Å²) < 4.78 is 2.23. The number of benzene rings is 2. The molecule has 5 aliphatic rings. The van der Waals surface area contributed by atoms with Gasteiger partial charge in [0.25, 0.3) is 5.91 Å². The van der Waals surface area contributed by atoms with Gasteiger partial charge in [-0.05, 0) is 67.6 Å². The van der Waals surface area contributed by atoms with Crippen molar-refractivity contribution in [1.29, 1.82) is 0 Å². The molecule has 4 saturated carbocycles. The fraction of sp³-hybridized carbons (Fsp3) is 0.429. The van der Waals surface area contributed by atoms with Crippen molar-refractivity contribution in [3.05, 3.63) is 78.2 Å². The number of aliphatic hydroxyl groups excluding tert-OH is 1. The highest BCUT2D eigenvalue weighted by molar-refractivity contribution is 5.94. The number of aromatic nitrogens is 2. The lowest BCUT2D eigenvalue weighted by molar-refractivity contribution is -0.0120. The molecular formula is C28H29N3O2. The summed E-state index contributed by atoms with van der Waals surface area (Å²) >= 11 is 0. The van der Waals surface area contributed by atoms with Gasteiger partial charge in [0.15, 0.2) is 0 Å². The van der Waals surface area contributed by atoms with Gasteiger partial charge in [0, 0.05) is 22.6 Å². The second-order valence-corrected chi connectivity index (χ2v) is 10.8. The van der Waals surface area contributed by atoms with Crippen LogP contribution in [-0.4, -0.2) is 32.7 Å². The van der Waals surface area contributed by atoms with E-state index in [1.54, 1.807) is 0 Å². The van der Waals surface area contributed by atoms with Crippen molar-refractivity contribution in [3.8, 4) is 11.3 Å². The Hall–Kier alpha value is -2.92. The van der Waals surface area contributed by atoms with E-state index in [9.17, 15) is 9.90 Å². The van der Waals surface area contributed by atoms with Crippen molar-refractivity contribution in [2.75, 3.05) is 0 Å². The Morgan fingerprint density at radius 1 is 1.12 bits per heavy atom. The lowest BCUT2D eigenvalue weighted by Crippen LogP contribution is -2.45. The van der Waals surface area contributed by atoms with Gasteiger partial charge in [-0.1, -0.05) is 42.5 Å². The average molecular weight is 440 g/mol. The normalized spacial score (nSPS) is 33.7. The molecule has 5 heteroatoms.